The maximum absolute atomic E-state index is 12.2. The number of hydrogen-bond acceptors (Lipinski definition) is 6. The first-order valence-electron chi connectivity index (χ1n) is 5.71. The second kappa shape index (κ2) is 6.31. The minimum absolute atomic E-state index is 0.0433. The zero-order valence-electron chi connectivity index (χ0n) is 10.7. The van der Waals surface area contributed by atoms with Crippen LogP contribution in [0.1, 0.15) is 10.4 Å². The van der Waals surface area contributed by atoms with Gasteiger partial charge >= 0.3 is 0 Å². The highest BCUT2D eigenvalue weighted by atomic mass is 32.2. The maximum atomic E-state index is 12.2. The molecule has 0 aliphatic heterocycles. The van der Waals surface area contributed by atoms with Crippen molar-refractivity contribution in [3.63, 3.8) is 0 Å². The molecule has 0 radical (unpaired) electrons. The first kappa shape index (κ1) is 14.9. The van der Waals surface area contributed by atoms with Gasteiger partial charge in [-0.15, -0.1) is 11.3 Å². The predicted molar refractivity (Wildman–Crippen MR) is 75.1 cm³/mol. The van der Waals surface area contributed by atoms with Crippen molar-refractivity contribution in [2.24, 2.45) is 0 Å². The fraction of sp³-hybridized carbons (Fsp3) is 0.250. The molecule has 0 fully saturated rings. The van der Waals surface area contributed by atoms with Crippen LogP contribution in [0.2, 0.25) is 0 Å². The van der Waals surface area contributed by atoms with E-state index < -0.39 is 10.0 Å². The first-order valence-corrected chi connectivity index (χ1v) is 8.08. The van der Waals surface area contributed by atoms with Crippen LogP contribution in [0.25, 0.3) is 0 Å². The lowest BCUT2D eigenvalue weighted by Gasteiger charge is -2.11. The number of nitrogens with one attached hydrogen (secondary N) is 1. The molecule has 108 valence electrons. The normalized spacial score (nSPS) is 11.5. The summed E-state index contributed by atoms with van der Waals surface area (Å²) < 4.78 is 32.0. The van der Waals surface area contributed by atoms with Crippen LogP contribution in [0, 0.1) is 0 Å². The molecular weight excluding hydrogens is 300 g/mol. The molecule has 2 aromatic rings. The van der Waals surface area contributed by atoms with Crippen LogP contribution in [0.5, 0.6) is 5.75 Å². The Morgan fingerprint density at radius 3 is 2.85 bits per heavy atom. The van der Waals surface area contributed by atoms with Gasteiger partial charge in [-0.3, -0.25) is 4.98 Å². The Kier molecular flexibility index (Phi) is 4.71. The number of aromatic nitrogens is 1. The Hall–Kier alpha value is -1.48. The van der Waals surface area contributed by atoms with E-state index in [9.17, 15) is 8.42 Å². The molecule has 0 aliphatic carbocycles. The molecule has 0 unspecified atom stereocenters. The molecule has 6 nitrogen and oxygen atoms in total. The van der Waals surface area contributed by atoms with Crippen LogP contribution >= 0.6 is 11.3 Å². The lowest BCUT2D eigenvalue weighted by molar-refractivity contribution is 0.280. The summed E-state index contributed by atoms with van der Waals surface area (Å²) in [5.74, 6) is 0.202. The molecule has 0 saturated carbocycles. The van der Waals surface area contributed by atoms with Crippen LogP contribution < -0.4 is 9.46 Å². The van der Waals surface area contributed by atoms with E-state index in [-0.39, 0.29) is 23.8 Å². The second-order valence-electron chi connectivity index (χ2n) is 3.94. The van der Waals surface area contributed by atoms with Gasteiger partial charge in [-0.05, 0) is 17.7 Å². The lowest BCUT2D eigenvalue weighted by atomic mass is 10.2. The molecule has 0 spiro atoms. The maximum Gasteiger partial charge on any atom is 0.244 e. The number of thiazole rings is 1. The third kappa shape index (κ3) is 3.34. The number of ether oxygens (including phenoxy) is 1. The van der Waals surface area contributed by atoms with Crippen molar-refractivity contribution in [2.75, 3.05) is 7.11 Å². The number of aliphatic hydroxyl groups is 1. The first-order chi connectivity index (χ1) is 9.56. The molecule has 2 N–H and O–H groups in total. The Balaban J connectivity index is 2.24. The highest BCUT2D eigenvalue weighted by Crippen LogP contribution is 2.25. The van der Waals surface area contributed by atoms with Gasteiger partial charge in [-0.1, -0.05) is 6.07 Å². The Morgan fingerprint density at radius 2 is 2.25 bits per heavy atom. The van der Waals surface area contributed by atoms with Crippen LogP contribution in [0.4, 0.5) is 0 Å². The van der Waals surface area contributed by atoms with Crippen molar-refractivity contribution in [2.45, 2.75) is 18.0 Å². The van der Waals surface area contributed by atoms with E-state index in [0.29, 0.717) is 5.56 Å². The van der Waals surface area contributed by atoms with E-state index >= 15 is 0 Å². The van der Waals surface area contributed by atoms with Crippen molar-refractivity contribution in [1.82, 2.24) is 9.71 Å². The SMILES string of the molecule is COc1cc(CO)ccc1S(=O)(=O)NCc1cncs1. The molecule has 20 heavy (non-hydrogen) atoms. The van der Waals surface area contributed by atoms with E-state index in [1.807, 2.05) is 0 Å². The molecular formula is C12H14N2O4S2. The number of methoxy groups -OCH3 is 1. The van der Waals surface area contributed by atoms with Gasteiger partial charge in [0.2, 0.25) is 10.0 Å². The zero-order chi connectivity index (χ0) is 14.6. The standard InChI is InChI=1S/C12H14N2O4S2/c1-18-11-4-9(7-15)2-3-12(11)20(16,17)14-6-10-5-13-8-19-10/h2-5,8,14-15H,6-7H2,1H3. The van der Waals surface area contributed by atoms with Gasteiger partial charge in [0.15, 0.2) is 0 Å². The molecule has 8 heteroatoms. The van der Waals surface area contributed by atoms with Crippen LogP contribution in [-0.2, 0) is 23.2 Å². The number of sulfonamides is 1. The quantitative estimate of drug-likeness (QED) is 0.834. The lowest BCUT2D eigenvalue weighted by Crippen LogP contribution is -2.23. The monoisotopic (exact) mass is 314 g/mol. The minimum Gasteiger partial charge on any atom is -0.495 e. The van der Waals surface area contributed by atoms with Gasteiger partial charge in [0.25, 0.3) is 0 Å². The zero-order valence-corrected chi connectivity index (χ0v) is 12.4. The van der Waals surface area contributed by atoms with Gasteiger partial charge in [0, 0.05) is 17.6 Å². The Morgan fingerprint density at radius 1 is 1.45 bits per heavy atom. The third-order valence-electron chi connectivity index (χ3n) is 2.62. The summed E-state index contributed by atoms with van der Waals surface area (Å²) in [4.78, 5) is 4.75. The van der Waals surface area contributed by atoms with Gasteiger partial charge in [0.05, 0.1) is 19.2 Å². The molecule has 0 amide bonds. The Bertz CT molecular complexity index is 669. The van der Waals surface area contributed by atoms with E-state index in [1.165, 1.54) is 30.6 Å². The molecule has 1 aromatic heterocycles. The summed E-state index contributed by atoms with van der Waals surface area (Å²) in [7, 11) is -2.29. The molecule has 0 atom stereocenters. The average Bonchev–Trinajstić information content (AvgIpc) is 2.97. The second-order valence-corrected chi connectivity index (χ2v) is 6.64. The van der Waals surface area contributed by atoms with E-state index in [2.05, 4.69) is 9.71 Å². The average molecular weight is 314 g/mol. The summed E-state index contributed by atoms with van der Waals surface area (Å²) >= 11 is 1.37. The summed E-state index contributed by atoms with van der Waals surface area (Å²) in [5, 5.41) is 9.05. The number of benzene rings is 1. The molecule has 0 bridgehead atoms. The molecule has 0 saturated heterocycles. The van der Waals surface area contributed by atoms with E-state index in [0.717, 1.165) is 4.88 Å². The fourth-order valence-corrected chi connectivity index (χ4v) is 3.39. The highest BCUT2D eigenvalue weighted by Gasteiger charge is 2.19. The summed E-state index contributed by atoms with van der Waals surface area (Å²) in [6, 6.07) is 4.46. The molecule has 0 aliphatic rings. The summed E-state index contributed by atoms with van der Waals surface area (Å²) in [6.07, 6.45) is 1.61. The predicted octanol–water partition coefficient (Wildman–Crippen LogP) is 1.12. The van der Waals surface area contributed by atoms with Crippen LogP contribution in [0.3, 0.4) is 0 Å². The third-order valence-corrected chi connectivity index (χ3v) is 4.84. The van der Waals surface area contributed by atoms with Gasteiger partial charge < -0.3 is 9.84 Å². The fourth-order valence-electron chi connectivity index (χ4n) is 1.61. The Labute approximate surface area is 121 Å². The van der Waals surface area contributed by atoms with Crippen molar-refractivity contribution in [3.05, 3.63) is 40.3 Å². The number of hydrogen-bond donors (Lipinski definition) is 2. The van der Waals surface area contributed by atoms with Crippen molar-refractivity contribution < 1.29 is 18.3 Å². The van der Waals surface area contributed by atoms with Crippen molar-refractivity contribution in [3.8, 4) is 5.75 Å². The van der Waals surface area contributed by atoms with Crippen molar-refractivity contribution in [1.29, 1.82) is 0 Å². The number of nitrogens with zero attached hydrogens (tertiary/aromatic N) is 1. The van der Waals surface area contributed by atoms with E-state index in [1.54, 1.807) is 17.8 Å². The summed E-state index contributed by atoms with van der Waals surface area (Å²) in [6.45, 7) is 0.00286. The molecule has 1 aromatic carbocycles. The molecule has 1 heterocycles. The topological polar surface area (TPSA) is 88.5 Å². The smallest absolute Gasteiger partial charge is 0.244 e. The van der Waals surface area contributed by atoms with Gasteiger partial charge in [-0.25, -0.2) is 13.1 Å². The summed E-state index contributed by atoms with van der Waals surface area (Å²) in [5.41, 5.74) is 2.23. The molecule has 2 rings (SSSR count). The van der Waals surface area contributed by atoms with Crippen LogP contribution in [-0.4, -0.2) is 25.6 Å². The number of rotatable bonds is 6. The largest absolute Gasteiger partial charge is 0.495 e. The minimum atomic E-state index is -3.68. The van der Waals surface area contributed by atoms with Gasteiger partial charge in [0.1, 0.15) is 10.6 Å². The van der Waals surface area contributed by atoms with Crippen molar-refractivity contribution >= 4 is 21.4 Å². The highest BCUT2D eigenvalue weighted by molar-refractivity contribution is 7.89. The number of aliphatic hydroxyl groups excluding tert-OH is 1. The van der Waals surface area contributed by atoms with E-state index in [4.69, 9.17) is 9.84 Å². The van der Waals surface area contributed by atoms with Gasteiger partial charge in [-0.2, -0.15) is 0 Å². The van der Waals surface area contributed by atoms with Crippen LogP contribution in [0.15, 0.2) is 34.8 Å².